The van der Waals surface area contributed by atoms with Crippen molar-refractivity contribution in [2.75, 3.05) is 0 Å². The number of aliphatic hydroxyl groups is 1. The average Bonchev–Trinajstić information content (AvgIpc) is 2.95. The molecule has 0 aliphatic rings. The molecule has 1 N–H and O–H groups in total. The van der Waals surface area contributed by atoms with Gasteiger partial charge in [-0.3, -0.25) is 0 Å². The van der Waals surface area contributed by atoms with E-state index >= 15 is 0 Å². The molecule has 3 heterocycles. The summed E-state index contributed by atoms with van der Waals surface area (Å²) in [5, 5.41) is 16.9. The van der Waals surface area contributed by atoms with Crippen molar-refractivity contribution in [3.63, 3.8) is 0 Å². The van der Waals surface area contributed by atoms with Crippen molar-refractivity contribution >= 4 is 27.6 Å². The predicted octanol–water partition coefficient (Wildman–Crippen LogP) is 2.24. The average molecular weight is 265 g/mol. The van der Waals surface area contributed by atoms with Crippen LogP contribution in [0.3, 0.4) is 0 Å². The molecule has 0 unspecified atom stereocenters. The van der Waals surface area contributed by atoms with Gasteiger partial charge in [-0.25, -0.2) is 9.50 Å². The van der Waals surface area contributed by atoms with Crippen LogP contribution in [-0.2, 0) is 13.0 Å². The summed E-state index contributed by atoms with van der Waals surface area (Å²) < 4.78 is 1.75. The number of nitrogens with zero attached hydrogens (tertiary/aromatic N) is 3. The summed E-state index contributed by atoms with van der Waals surface area (Å²) in [6.07, 6.45) is 0.843. The summed E-state index contributed by atoms with van der Waals surface area (Å²) in [6, 6.07) is 4.15. The third-order valence-corrected chi connectivity index (χ3v) is 4.38. The van der Waals surface area contributed by atoms with E-state index in [0.29, 0.717) is 0 Å². The maximum atomic E-state index is 9.28. The Labute approximate surface area is 106 Å². The number of imidazole rings is 1. The summed E-state index contributed by atoms with van der Waals surface area (Å²) in [5.74, 6) is 0. The summed E-state index contributed by atoms with van der Waals surface area (Å²) in [7, 11) is 0. The minimum absolute atomic E-state index is 0.0187. The molecule has 0 spiro atoms. The minimum atomic E-state index is -0.0187. The zero-order chi connectivity index (χ0) is 11.8. The van der Waals surface area contributed by atoms with E-state index < -0.39 is 0 Å². The monoisotopic (exact) mass is 265 g/mol. The normalized spacial score (nSPS) is 11.4. The van der Waals surface area contributed by atoms with E-state index in [9.17, 15) is 5.11 Å². The van der Waals surface area contributed by atoms with Crippen LogP contribution in [0.2, 0.25) is 0 Å². The van der Waals surface area contributed by atoms with Crippen molar-refractivity contribution < 1.29 is 5.11 Å². The topological polar surface area (TPSA) is 50.4 Å². The molecule has 3 rings (SSSR count). The first-order valence-electron chi connectivity index (χ1n) is 5.25. The van der Waals surface area contributed by atoms with Gasteiger partial charge in [0.25, 0.3) is 0 Å². The van der Waals surface area contributed by atoms with Gasteiger partial charge in [0, 0.05) is 11.3 Å². The molecule has 0 aliphatic carbocycles. The Kier molecular flexibility index (Phi) is 2.70. The van der Waals surface area contributed by atoms with E-state index in [0.717, 1.165) is 27.8 Å². The Morgan fingerprint density at radius 3 is 3.06 bits per heavy atom. The molecule has 6 heteroatoms. The summed E-state index contributed by atoms with van der Waals surface area (Å²) >= 11 is 3.31. The zero-order valence-electron chi connectivity index (χ0n) is 9.25. The first-order chi connectivity index (χ1) is 8.28. The molecule has 0 aromatic carbocycles. The van der Waals surface area contributed by atoms with Crippen LogP contribution < -0.4 is 0 Å². The van der Waals surface area contributed by atoms with Gasteiger partial charge in [0.15, 0.2) is 0 Å². The number of fused-ring (bicyclic) bond motifs is 1. The number of hydrogen-bond donors (Lipinski definition) is 1. The molecule has 88 valence electrons. The number of aliphatic hydroxyl groups excluding tert-OH is 1. The predicted molar refractivity (Wildman–Crippen MR) is 68.6 cm³/mol. The Morgan fingerprint density at radius 1 is 1.47 bits per heavy atom. The van der Waals surface area contributed by atoms with Gasteiger partial charge in [0.05, 0.1) is 18.0 Å². The van der Waals surface area contributed by atoms with Crippen molar-refractivity contribution in [2.45, 2.75) is 20.0 Å². The fourth-order valence-electron chi connectivity index (χ4n) is 1.75. The van der Waals surface area contributed by atoms with Crippen LogP contribution in [0.15, 0.2) is 17.5 Å². The van der Waals surface area contributed by atoms with Crippen molar-refractivity contribution in [1.29, 1.82) is 0 Å². The first-order valence-corrected chi connectivity index (χ1v) is 6.94. The molecule has 0 radical (unpaired) electrons. The lowest BCUT2D eigenvalue weighted by Gasteiger charge is -1.93. The Bertz CT molecular complexity index is 639. The number of thiophene rings is 1. The minimum Gasteiger partial charge on any atom is -0.390 e. The quantitative estimate of drug-likeness (QED) is 0.790. The van der Waals surface area contributed by atoms with Gasteiger partial charge < -0.3 is 5.11 Å². The largest absolute Gasteiger partial charge is 0.390 e. The second kappa shape index (κ2) is 4.21. The molecule has 0 fully saturated rings. The zero-order valence-corrected chi connectivity index (χ0v) is 10.9. The molecule has 0 atom stereocenters. The van der Waals surface area contributed by atoms with Gasteiger partial charge >= 0.3 is 0 Å². The molecular weight excluding hydrogens is 254 g/mol. The van der Waals surface area contributed by atoms with Gasteiger partial charge in [0.1, 0.15) is 5.01 Å². The fourth-order valence-corrected chi connectivity index (χ4v) is 3.53. The Morgan fingerprint density at radius 2 is 2.35 bits per heavy atom. The summed E-state index contributed by atoms with van der Waals surface area (Å²) in [6.45, 7) is 1.88. The van der Waals surface area contributed by atoms with Crippen molar-refractivity contribution in [2.24, 2.45) is 0 Å². The highest BCUT2D eigenvalue weighted by molar-refractivity contribution is 7.17. The van der Waals surface area contributed by atoms with E-state index in [1.165, 1.54) is 4.88 Å². The molecule has 3 aromatic heterocycles. The highest BCUT2D eigenvalue weighted by Gasteiger charge is 2.13. The first kappa shape index (κ1) is 10.9. The number of aromatic nitrogens is 3. The fraction of sp³-hybridized carbons (Fsp3) is 0.273. The van der Waals surface area contributed by atoms with E-state index in [4.69, 9.17) is 0 Å². The van der Waals surface area contributed by atoms with Crippen molar-refractivity contribution in [1.82, 2.24) is 14.6 Å². The summed E-state index contributed by atoms with van der Waals surface area (Å²) in [4.78, 5) is 6.55. The molecule has 4 nitrogen and oxygen atoms in total. The third kappa shape index (κ3) is 1.88. The van der Waals surface area contributed by atoms with E-state index in [2.05, 4.69) is 21.5 Å². The van der Waals surface area contributed by atoms with Gasteiger partial charge in [-0.1, -0.05) is 17.4 Å². The Hall–Kier alpha value is -1.24. The highest BCUT2D eigenvalue weighted by atomic mass is 32.1. The summed E-state index contributed by atoms with van der Waals surface area (Å²) in [5.41, 5.74) is 1.64. The second-order valence-corrected chi connectivity index (χ2v) is 5.82. The van der Waals surface area contributed by atoms with E-state index in [1.54, 1.807) is 27.2 Å². The maximum Gasteiger partial charge on any atom is 0.212 e. The highest BCUT2D eigenvalue weighted by Crippen LogP contribution is 2.22. The third-order valence-electron chi connectivity index (χ3n) is 2.59. The van der Waals surface area contributed by atoms with E-state index in [1.807, 2.05) is 13.0 Å². The molecule has 3 aromatic rings. The van der Waals surface area contributed by atoms with Crippen LogP contribution >= 0.6 is 22.7 Å². The van der Waals surface area contributed by atoms with Crippen LogP contribution in [0.4, 0.5) is 0 Å². The number of hydrogen-bond acceptors (Lipinski definition) is 5. The lowest BCUT2D eigenvalue weighted by Crippen LogP contribution is -1.96. The van der Waals surface area contributed by atoms with Crippen LogP contribution in [-0.4, -0.2) is 19.7 Å². The maximum absolute atomic E-state index is 9.28. The van der Waals surface area contributed by atoms with Gasteiger partial charge in [-0.05, 0) is 18.4 Å². The second-order valence-electron chi connectivity index (χ2n) is 3.75. The molecule has 17 heavy (non-hydrogen) atoms. The molecule has 0 amide bonds. The number of aryl methyl sites for hydroxylation is 1. The van der Waals surface area contributed by atoms with Gasteiger partial charge in [-0.2, -0.15) is 5.10 Å². The molecule has 0 saturated carbocycles. The molecular formula is C11H11N3OS2. The number of rotatable bonds is 3. The standard InChI is InChI=1S/C11H11N3OS2/c1-7-9(6-15)14-11(12-7)17-10(13-14)5-8-3-2-4-16-8/h2-4,15H,5-6H2,1H3. The van der Waals surface area contributed by atoms with Crippen molar-refractivity contribution in [3.05, 3.63) is 38.8 Å². The van der Waals surface area contributed by atoms with Crippen LogP contribution in [0.25, 0.3) is 4.96 Å². The SMILES string of the molecule is Cc1nc2sc(Cc3cccs3)nn2c1CO. The van der Waals surface area contributed by atoms with Gasteiger partial charge in [-0.15, -0.1) is 11.3 Å². The molecule has 0 saturated heterocycles. The lowest BCUT2D eigenvalue weighted by atomic mass is 10.3. The van der Waals surface area contributed by atoms with Crippen molar-refractivity contribution in [3.8, 4) is 0 Å². The smallest absolute Gasteiger partial charge is 0.212 e. The van der Waals surface area contributed by atoms with Crippen LogP contribution in [0.1, 0.15) is 21.3 Å². The lowest BCUT2D eigenvalue weighted by molar-refractivity contribution is 0.273. The molecule has 0 aliphatic heterocycles. The van der Waals surface area contributed by atoms with E-state index in [-0.39, 0.29) is 6.61 Å². The van der Waals surface area contributed by atoms with Gasteiger partial charge in [0.2, 0.25) is 4.96 Å². The Balaban J connectivity index is 2.00. The molecule has 0 bridgehead atoms. The van der Waals surface area contributed by atoms with Crippen LogP contribution in [0, 0.1) is 6.92 Å². The van der Waals surface area contributed by atoms with Crippen LogP contribution in [0.5, 0.6) is 0 Å².